The average Bonchev–Trinajstić information content (AvgIpc) is 2.82. The maximum atomic E-state index is 10.7. The fourth-order valence-corrected chi connectivity index (χ4v) is 1.32. The summed E-state index contributed by atoms with van der Waals surface area (Å²) in [6.45, 7) is 0. The SMILES string of the molecule is O=C(O)c1cccc(NN=Cc2ccc[nH]2)c1. The number of hydrogen-bond donors (Lipinski definition) is 3. The normalized spacial score (nSPS) is 10.6. The van der Waals surface area contributed by atoms with Gasteiger partial charge in [0.15, 0.2) is 0 Å². The lowest BCUT2D eigenvalue weighted by Crippen LogP contribution is -1.97. The molecule has 1 aromatic carbocycles. The van der Waals surface area contributed by atoms with Gasteiger partial charge in [-0.2, -0.15) is 5.10 Å². The predicted octanol–water partition coefficient (Wildman–Crippen LogP) is 2.16. The van der Waals surface area contributed by atoms with Gasteiger partial charge in [-0.25, -0.2) is 4.79 Å². The maximum Gasteiger partial charge on any atom is 0.335 e. The molecule has 17 heavy (non-hydrogen) atoms. The van der Waals surface area contributed by atoms with Crippen LogP contribution in [0.5, 0.6) is 0 Å². The summed E-state index contributed by atoms with van der Waals surface area (Å²) in [4.78, 5) is 13.7. The third-order valence-electron chi connectivity index (χ3n) is 2.13. The molecule has 0 aliphatic carbocycles. The zero-order valence-electron chi connectivity index (χ0n) is 8.92. The Hall–Kier alpha value is -2.56. The highest BCUT2D eigenvalue weighted by atomic mass is 16.4. The Morgan fingerprint density at radius 2 is 2.24 bits per heavy atom. The number of carboxylic acids is 1. The van der Waals surface area contributed by atoms with Crippen molar-refractivity contribution < 1.29 is 9.90 Å². The number of anilines is 1. The van der Waals surface area contributed by atoms with E-state index in [9.17, 15) is 4.79 Å². The summed E-state index contributed by atoms with van der Waals surface area (Å²) in [7, 11) is 0. The number of aromatic amines is 1. The number of hydrazone groups is 1. The van der Waals surface area contributed by atoms with Crippen LogP contribution in [0.4, 0.5) is 5.69 Å². The fraction of sp³-hybridized carbons (Fsp3) is 0. The second kappa shape index (κ2) is 4.98. The largest absolute Gasteiger partial charge is 0.478 e. The van der Waals surface area contributed by atoms with Gasteiger partial charge in [0, 0.05) is 6.20 Å². The van der Waals surface area contributed by atoms with Crippen molar-refractivity contribution in [3.05, 3.63) is 53.9 Å². The second-order valence-electron chi connectivity index (χ2n) is 3.38. The van der Waals surface area contributed by atoms with Crippen molar-refractivity contribution in [2.45, 2.75) is 0 Å². The summed E-state index contributed by atoms with van der Waals surface area (Å²) in [5.41, 5.74) is 4.49. The van der Waals surface area contributed by atoms with Crippen LogP contribution in [-0.2, 0) is 0 Å². The lowest BCUT2D eigenvalue weighted by molar-refractivity contribution is 0.0697. The van der Waals surface area contributed by atoms with E-state index in [4.69, 9.17) is 5.11 Å². The van der Waals surface area contributed by atoms with Crippen molar-refractivity contribution in [2.75, 3.05) is 5.43 Å². The molecule has 0 aliphatic heterocycles. The van der Waals surface area contributed by atoms with Crippen LogP contribution in [0.2, 0.25) is 0 Å². The van der Waals surface area contributed by atoms with E-state index < -0.39 is 5.97 Å². The minimum atomic E-state index is -0.956. The average molecular weight is 229 g/mol. The van der Waals surface area contributed by atoms with Crippen LogP contribution in [-0.4, -0.2) is 22.3 Å². The van der Waals surface area contributed by atoms with Crippen LogP contribution < -0.4 is 5.43 Å². The van der Waals surface area contributed by atoms with Crippen molar-refractivity contribution in [3.63, 3.8) is 0 Å². The molecule has 0 amide bonds. The smallest absolute Gasteiger partial charge is 0.335 e. The predicted molar refractivity (Wildman–Crippen MR) is 65.4 cm³/mol. The molecule has 5 heteroatoms. The highest BCUT2D eigenvalue weighted by Crippen LogP contribution is 2.10. The van der Waals surface area contributed by atoms with Gasteiger partial charge < -0.3 is 10.1 Å². The molecule has 5 nitrogen and oxygen atoms in total. The quantitative estimate of drug-likeness (QED) is 0.555. The van der Waals surface area contributed by atoms with E-state index in [0.29, 0.717) is 5.69 Å². The molecule has 0 fully saturated rings. The summed E-state index contributed by atoms with van der Waals surface area (Å²) < 4.78 is 0. The fourth-order valence-electron chi connectivity index (χ4n) is 1.32. The van der Waals surface area contributed by atoms with Crippen molar-refractivity contribution >= 4 is 17.9 Å². The van der Waals surface area contributed by atoms with Gasteiger partial charge in [0.1, 0.15) is 0 Å². The Kier molecular flexibility index (Phi) is 3.20. The number of nitrogens with zero attached hydrogens (tertiary/aromatic N) is 1. The van der Waals surface area contributed by atoms with Gasteiger partial charge in [0.25, 0.3) is 0 Å². The zero-order valence-corrected chi connectivity index (χ0v) is 8.92. The lowest BCUT2D eigenvalue weighted by Gasteiger charge is -2.00. The van der Waals surface area contributed by atoms with E-state index >= 15 is 0 Å². The molecule has 0 atom stereocenters. The number of carboxylic acid groups (broad SMARTS) is 1. The van der Waals surface area contributed by atoms with E-state index in [0.717, 1.165) is 5.69 Å². The van der Waals surface area contributed by atoms with Crippen molar-refractivity contribution in [3.8, 4) is 0 Å². The van der Waals surface area contributed by atoms with E-state index in [2.05, 4.69) is 15.5 Å². The molecular weight excluding hydrogens is 218 g/mol. The van der Waals surface area contributed by atoms with Crippen LogP contribution in [0.25, 0.3) is 0 Å². The first-order valence-electron chi connectivity index (χ1n) is 5.01. The first-order valence-corrected chi connectivity index (χ1v) is 5.01. The van der Waals surface area contributed by atoms with Gasteiger partial charge in [-0.1, -0.05) is 6.07 Å². The summed E-state index contributed by atoms with van der Waals surface area (Å²) in [6, 6.07) is 10.2. The molecule has 2 rings (SSSR count). The van der Waals surface area contributed by atoms with Crippen molar-refractivity contribution in [1.29, 1.82) is 0 Å². The summed E-state index contributed by atoms with van der Waals surface area (Å²) in [5.74, 6) is -0.956. The first kappa shape index (κ1) is 10.9. The molecular formula is C12H11N3O2. The Morgan fingerprint density at radius 3 is 2.94 bits per heavy atom. The molecule has 1 aromatic heterocycles. The molecule has 0 bridgehead atoms. The molecule has 0 saturated carbocycles. The molecule has 0 aliphatic rings. The van der Waals surface area contributed by atoms with E-state index in [-0.39, 0.29) is 5.56 Å². The van der Waals surface area contributed by atoms with Gasteiger partial charge in [-0.05, 0) is 30.3 Å². The molecule has 0 unspecified atom stereocenters. The third kappa shape index (κ3) is 2.94. The Morgan fingerprint density at radius 1 is 1.35 bits per heavy atom. The summed E-state index contributed by atoms with van der Waals surface area (Å²) in [6.07, 6.45) is 3.42. The second-order valence-corrected chi connectivity index (χ2v) is 3.38. The van der Waals surface area contributed by atoms with Crippen LogP contribution in [0.15, 0.2) is 47.7 Å². The summed E-state index contributed by atoms with van der Waals surface area (Å²) >= 11 is 0. The third-order valence-corrected chi connectivity index (χ3v) is 2.13. The molecule has 0 spiro atoms. The van der Waals surface area contributed by atoms with Gasteiger partial charge in [-0.15, -0.1) is 0 Å². The number of nitrogens with one attached hydrogen (secondary N) is 2. The molecule has 2 aromatic rings. The number of carbonyl (C=O) groups is 1. The van der Waals surface area contributed by atoms with Crippen molar-refractivity contribution in [2.24, 2.45) is 5.10 Å². The maximum absolute atomic E-state index is 10.7. The molecule has 1 heterocycles. The molecule has 0 saturated heterocycles. The number of aromatic carboxylic acids is 1. The lowest BCUT2D eigenvalue weighted by atomic mass is 10.2. The van der Waals surface area contributed by atoms with Gasteiger partial charge in [0.05, 0.1) is 23.2 Å². The topological polar surface area (TPSA) is 77.5 Å². The number of benzene rings is 1. The van der Waals surface area contributed by atoms with Gasteiger partial charge in [0.2, 0.25) is 0 Å². The number of aromatic nitrogens is 1. The van der Waals surface area contributed by atoms with Crippen LogP contribution in [0.1, 0.15) is 16.1 Å². The van der Waals surface area contributed by atoms with Gasteiger partial charge in [-0.3, -0.25) is 5.43 Å². The Labute approximate surface area is 97.8 Å². The first-order chi connectivity index (χ1) is 8.25. The number of H-pyrrole nitrogens is 1. The minimum Gasteiger partial charge on any atom is -0.478 e. The number of hydrogen-bond acceptors (Lipinski definition) is 3. The van der Waals surface area contributed by atoms with Crippen molar-refractivity contribution in [1.82, 2.24) is 4.98 Å². The Bertz CT molecular complexity index is 532. The highest BCUT2D eigenvalue weighted by molar-refractivity contribution is 5.88. The standard InChI is InChI=1S/C12H11N3O2/c16-12(17)9-3-1-4-10(7-9)15-14-8-11-5-2-6-13-11/h1-8,13,15H,(H,16,17). The zero-order chi connectivity index (χ0) is 12.1. The summed E-state index contributed by atoms with van der Waals surface area (Å²) in [5, 5.41) is 12.8. The van der Waals surface area contributed by atoms with E-state index in [1.54, 1.807) is 24.5 Å². The van der Waals surface area contributed by atoms with Crippen LogP contribution in [0.3, 0.4) is 0 Å². The molecule has 0 radical (unpaired) electrons. The van der Waals surface area contributed by atoms with Crippen LogP contribution >= 0.6 is 0 Å². The molecule has 3 N–H and O–H groups in total. The minimum absolute atomic E-state index is 0.227. The van der Waals surface area contributed by atoms with E-state index in [1.165, 1.54) is 12.1 Å². The molecule has 86 valence electrons. The monoisotopic (exact) mass is 229 g/mol. The van der Waals surface area contributed by atoms with Gasteiger partial charge >= 0.3 is 5.97 Å². The van der Waals surface area contributed by atoms with E-state index in [1.807, 2.05) is 12.1 Å². The van der Waals surface area contributed by atoms with Crippen LogP contribution in [0, 0.1) is 0 Å². The Balaban J connectivity index is 2.04. The number of rotatable bonds is 4. The highest BCUT2D eigenvalue weighted by Gasteiger charge is 2.01.